The van der Waals surface area contributed by atoms with Gasteiger partial charge in [-0.05, 0) is 34.9 Å². The Morgan fingerprint density at radius 3 is 2.40 bits per heavy atom. The van der Waals surface area contributed by atoms with Crippen LogP contribution in [-0.4, -0.2) is 51.2 Å². The molecule has 90 valence electrons. The summed E-state index contributed by atoms with van der Waals surface area (Å²) in [6.07, 6.45) is 0. The maximum absolute atomic E-state index is 11.4. The van der Waals surface area contributed by atoms with Crippen molar-refractivity contribution in [2.75, 3.05) is 34.3 Å². The van der Waals surface area contributed by atoms with Crippen molar-refractivity contribution in [1.82, 2.24) is 10.2 Å². The molecule has 15 heavy (non-hydrogen) atoms. The molecule has 0 bridgehead atoms. The summed E-state index contributed by atoms with van der Waals surface area (Å²) in [5.41, 5.74) is -0.463. The molecule has 4 nitrogen and oxygen atoms in total. The summed E-state index contributed by atoms with van der Waals surface area (Å²) in [7, 11) is 5.49. The Morgan fingerprint density at radius 2 is 2.00 bits per heavy atom. The SMILES string of the molecule is COC(=O)C(C)(C)CNC(C)CN(C)C. The zero-order valence-electron chi connectivity index (χ0n) is 10.8. The summed E-state index contributed by atoms with van der Waals surface area (Å²) in [4.78, 5) is 13.5. The average Bonchev–Trinajstić information content (AvgIpc) is 2.12. The maximum Gasteiger partial charge on any atom is 0.312 e. The van der Waals surface area contributed by atoms with Gasteiger partial charge in [0.1, 0.15) is 0 Å². The Labute approximate surface area is 93.0 Å². The molecule has 0 radical (unpaired) electrons. The molecular weight excluding hydrogens is 192 g/mol. The van der Waals surface area contributed by atoms with Gasteiger partial charge in [0, 0.05) is 19.1 Å². The third-order valence-corrected chi connectivity index (χ3v) is 2.27. The summed E-state index contributed by atoms with van der Waals surface area (Å²) in [5, 5.41) is 3.33. The van der Waals surface area contributed by atoms with Crippen LogP contribution >= 0.6 is 0 Å². The van der Waals surface area contributed by atoms with Crippen LogP contribution in [0.4, 0.5) is 0 Å². The number of hydrogen-bond donors (Lipinski definition) is 1. The quantitative estimate of drug-likeness (QED) is 0.664. The summed E-state index contributed by atoms with van der Waals surface area (Å²) < 4.78 is 4.74. The molecule has 4 heteroatoms. The van der Waals surface area contributed by atoms with Crippen LogP contribution in [-0.2, 0) is 9.53 Å². The minimum Gasteiger partial charge on any atom is -0.469 e. The largest absolute Gasteiger partial charge is 0.469 e. The first-order valence-electron chi connectivity index (χ1n) is 5.26. The number of nitrogens with one attached hydrogen (secondary N) is 1. The van der Waals surface area contributed by atoms with E-state index in [2.05, 4.69) is 17.1 Å². The third-order valence-electron chi connectivity index (χ3n) is 2.27. The lowest BCUT2D eigenvalue weighted by atomic mass is 9.93. The maximum atomic E-state index is 11.4. The minimum absolute atomic E-state index is 0.174. The molecule has 0 fully saturated rings. The van der Waals surface area contributed by atoms with Gasteiger partial charge in [0.25, 0.3) is 0 Å². The number of carbonyl (C=O) groups is 1. The van der Waals surface area contributed by atoms with Crippen LogP contribution in [0.2, 0.25) is 0 Å². The highest BCUT2D eigenvalue weighted by Gasteiger charge is 2.28. The molecule has 0 spiro atoms. The van der Waals surface area contributed by atoms with E-state index in [1.165, 1.54) is 7.11 Å². The van der Waals surface area contributed by atoms with Crippen molar-refractivity contribution in [1.29, 1.82) is 0 Å². The second kappa shape index (κ2) is 6.08. The van der Waals surface area contributed by atoms with E-state index in [9.17, 15) is 4.79 Å². The van der Waals surface area contributed by atoms with Gasteiger partial charge in [-0.15, -0.1) is 0 Å². The van der Waals surface area contributed by atoms with Gasteiger partial charge in [-0.25, -0.2) is 0 Å². The first-order valence-corrected chi connectivity index (χ1v) is 5.26. The molecule has 0 aromatic carbocycles. The molecule has 0 aromatic heterocycles. The zero-order chi connectivity index (χ0) is 12.1. The lowest BCUT2D eigenvalue weighted by molar-refractivity contribution is -0.150. The number of likely N-dealkylation sites (N-methyl/N-ethyl adjacent to an activating group) is 1. The van der Waals surface area contributed by atoms with Gasteiger partial charge in [0.05, 0.1) is 12.5 Å². The Kier molecular flexibility index (Phi) is 5.83. The number of esters is 1. The minimum atomic E-state index is -0.463. The van der Waals surface area contributed by atoms with Crippen molar-refractivity contribution in [2.45, 2.75) is 26.8 Å². The Balaban J connectivity index is 3.98. The number of ether oxygens (including phenoxy) is 1. The monoisotopic (exact) mass is 216 g/mol. The lowest BCUT2D eigenvalue weighted by Gasteiger charge is -2.25. The highest BCUT2D eigenvalue weighted by atomic mass is 16.5. The van der Waals surface area contributed by atoms with Crippen LogP contribution in [0.1, 0.15) is 20.8 Å². The first kappa shape index (κ1) is 14.4. The van der Waals surface area contributed by atoms with Crippen LogP contribution in [0.3, 0.4) is 0 Å². The van der Waals surface area contributed by atoms with E-state index in [1.807, 2.05) is 27.9 Å². The van der Waals surface area contributed by atoms with E-state index in [0.717, 1.165) is 6.54 Å². The molecule has 0 aliphatic rings. The first-order chi connectivity index (χ1) is 6.79. The Bertz CT molecular complexity index is 203. The van der Waals surface area contributed by atoms with E-state index >= 15 is 0 Å². The molecule has 0 aromatic rings. The van der Waals surface area contributed by atoms with Gasteiger partial charge in [-0.2, -0.15) is 0 Å². The molecule has 0 aliphatic carbocycles. The highest BCUT2D eigenvalue weighted by Crippen LogP contribution is 2.15. The lowest BCUT2D eigenvalue weighted by Crippen LogP contribution is -2.43. The fourth-order valence-electron chi connectivity index (χ4n) is 1.39. The van der Waals surface area contributed by atoms with Crippen LogP contribution in [0.25, 0.3) is 0 Å². The molecule has 0 saturated carbocycles. The molecule has 0 aliphatic heterocycles. The topological polar surface area (TPSA) is 41.6 Å². The van der Waals surface area contributed by atoms with Crippen molar-refractivity contribution < 1.29 is 9.53 Å². The fraction of sp³-hybridized carbons (Fsp3) is 0.909. The van der Waals surface area contributed by atoms with Crippen molar-refractivity contribution in [3.05, 3.63) is 0 Å². The van der Waals surface area contributed by atoms with Gasteiger partial charge < -0.3 is 15.0 Å². The smallest absolute Gasteiger partial charge is 0.312 e. The van der Waals surface area contributed by atoms with Crippen LogP contribution < -0.4 is 5.32 Å². The van der Waals surface area contributed by atoms with Gasteiger partial charge >= 0.3 is 5.97 Å². The molecule has 0 amide bonds. The summed E-state index contributed by atoms with van der Waals surface area (Å²) >= 11 is 0. The van der Waals surface area contributed by atoms with E-state index in [-0.39, 0.29) is 5.97 Å². The highest BCUT2D eigenvalue weighted by molar-refractivity contribution is 5.76. The van der Waals surface area contributed by atoms with E-state index in [0.29, 0.717) is 12.6 Å². The normalized spacial score (nSPS) is 14.1. The number of carbonyl (C=O) groups excluding carboxylic acids is 1. The second-order valence-electron chi connectivity index (χ2n) is 4.92. The Hall–Kier alpha value is -0.610. The summed E-state index contributed by atoms with van der Waals surface area (Å²) in [6.45, 7) is 7.46. The van der Waals surface area contributed by atoms with Crippen LogP contribution in [0.5, 0.6) is 0 Å². The fourth-order valence-corrected chi connectivity index (χ4v) is 1.39. The van der Waals surface area contributed by atoms with Gasteiger partial charge in [0.2, 0.25) is 0 Å². The third kappa shape index (κ3) is 5.74. The molecular formula is C11H24N2O2. The molecule has 1 unspecified atom stereocenters. The van der Waals surface area contributed by atoms with E-state index < -0.39 is 5.41 Å². The van der Waals surface area contributed by atoms with Crippen molar-refractivity contribution in [2.24, 2.45) is 5.41 Å². The van der Waals surface area contributed by atoms with E-state index in [1.54, 1.807) is 0 Å². The Morgan fingerprint density at radius 1 is 1.47 bits per heavy atom. The molecule has 0 heterocycles. The molecule has 1 atom stereocenters. The van der Waals surface area contributed by atoms with Crippen molar-refractivity contribution in [3.63, 3.8) is 0 Å². The summed E-state index contributed by atoms with van der Waals surface area (Å²) in [5.74, 6) is -0.174. The molecule has 0 saturated heterocycles. The molecule has 0 rings (SSSR count). The van der Waals surface area contributed by atoms with Gasteiger partial charge in [-0.1, -0.05) is 0 Å². The number of hydrogen-bond acceptors (Lipinski definition) is 4. The number of methoxy groups -OCH3 is 1. The number of rotatable bonds is 6. The van der Waals surface area contributed by atoms with Gasteiger partial charge in [-0.3, -0.25) is 4.79 Å². The number of nitrogens with zero attached hydrogens (tertiary/aromatic N) is 1. The average molecular weight is 216 g/mol. The van der Waals surface area contributed by atoms with E-state index in [4.69, 9.17) is 4.74 Å². The second-order valence-corrected chi connectivity index (χ2v) is 4.92. The van der Waals surface area contributed by atoms with Crippen molar-refractivity contribution >= 4 is 5.97 Å². The van der Waals surface area contributed by atoms with Crippen LogP contribution in [0.15, 0.2) is 0 Å². The van der Waals surface area contributed by atoms with Gasteiger partial charge in [0.15, 0.2) is 0 Å². The standard InChI is InChI=1S/C11H24N2O2/c1-9(7-13(4)5)12-8-11(2,3)10(14)15-6/h9,12H,7-8H2,1-6H3. The predicted octanol–water partition coefficient (Wildman–Crippen LogP) is 0.725. The zero-order valence-corrected chi connectivity index (χ0v) is 10.8. The van der Waals surface area contributed by atoms with Crippen LogP contribution in [0, 0.1) is 5.41 Å². The summed E-state index contributed by atoms with van der Waals surface area (Å²) in [6, 6.07) is 0.365. The van der Waals surface area contributed by atoms with Crippen molar-refractivity contribution in [3.8, 4) is 0 Å². The molecule has 1 N–H and O–H groups in total. The predicted molar refractivity (Wildman–Crippen MR) is 61.8 cm³/mol.